The number of ether oxygens (including phenoxy) is 1. The average Bonchev–Trinajstić information content (AvgIpc) is 2.62. The van der Waals surface area contributed by atoms with Crippen molar-refractivity contribution < 1.29 is 4.74 Å². The molecule has 0 fully saturated rings. The van der Waals surface area contributed by atoms with E-state index >= 15 is 0 Å². The van der Waals surface area contributed by atoms with Gasteiger partial charge in [-0.2, -0.15) is 0 Å². The van der Waals surface area contributed by atoms with E-state index in [4.69, 9.17) is 4.74 Å². The molecule has 18 heavy (non-hydrogen) atoms. The number of aromatic nitrogens is 3. The highest BCUT2D eigenvalue weighted by atomic mass is 16.5. The first-order valence-corrected chi connectivity index (χ1v) is 6.69. The van der Waals surface area contributed by atoms with Crippen LogP contribution in [-0.2, 0) is 11.3 Å². The van der Waals surface area contributed by atoms with E-state index in [0.29, 0.717) is 0 Å². The lowest BCUT2D eigenvalue weighted by molar-refractivity contribution is 0.00701. The molecule has 0 radical (unpaired) electrons. The molecule has 0 spiro atoms. The van der Waals surface area contributed by atoms with Gasteiger partial charge in [0, 0.05) is 18.2 Å². The Kier molecular flexibility index (Phi) is 4.91. The quantitative estimate of drug-likeness (QED) is 0.749. The second-order valence-electron chi connectivity index (χ2n) is 6.73. The molecule has 1 aromatic heterocycles. The number of nitrogens with zero attached hydrogens (tertiary/aromatic N) is 3. The van der Waals surface area contributed by atoms with Crippen LogP contribution in [0.25, 0.3) is 0 Å². The zero-order chi connectivity index (χ0) is 13.8. The second-order valence-corrected chi connectivity index (χ2v) is 6.73. The first kappa shape index (κ1) is 15.2. The lowest BCUT2D eigenvalue weighted by Crippen LogP contribution is -2.28. The number of hydrogen-bond acceptors (Lipinski definition) is 3. The fraction of sp³-hybridized carbons (Fsp3) is 0.857. The summed E-state index contributed by atoms with van der Waals surface area (Å²) in [6, 6.07) is 0. The molecule has 0 amide bonds. The van der Waals surface area contributed by atoms with Gasteiger partial charge in [-0.1, -0.05) is 39.8 Å². The maximum Gasteiger partial charge on any atom is 0.0796 e. The molecule has 0 saturated heterocycles. The molecule has 0 N–H and O–H groups in total. The molecule has 0 aromatic carbocycles. The Morgan fingerprint density at radius 2 is 1.78 bits per heavy atom. The van der Waals surface area contributed by atoms with Crippen molar-refractivity contribution in [2.45, 2.75) is 54.5 Å². The highest BCUT2D eigenvalue weighted by molar-refractivity contribution is 4.87. The van der Waals surface area contributed by atoms with E-state index in [1.807, 2.05) is 17.8 Å². The Bertz CT molecular complexity index is 369. The van der Waals surface area contributed by atoms with Crippen LogP contribution in [0.3, 0.4) is 0 Å². The largest absolute Gasteiger partial charge is 0.380 e. The Morgan fingerprint density at radius 3 is 2.28 bits per heavy atom. The zero-order valence-electron chi connectivity index (χ0n) is 12.7. The summed E-state index contributed by atoms with van der Waals surface area (Å²) in [5.74, 6) is 0. The highest BCUT2D eigenvalue weighted by Crippen LogP contribution is 2.23. The summed E-state index contributed by atoms with van der Waals surface area (Å²) >= 11 is 0. The summed E-state index contributed by atoms with van der Waals surface area (Å²) in [6.45, 7) is 15.4. The molecule has 104 valence electrons. The van der Waals surface area contributed by atoms with Gasteiger partial charge in [-0.3, -0.25) is 4.68 Å². The van der Waals surface area contributed by atoms with Crippen LogP contribution in [0, 0.1) is 17.8 Å². The van der Waals surface area contributed by atoms with Crippen LogP contribution in [0.4, 0.5) is 0 Å². The molecule has 1 aromatic rings. The molecule has 0 atom stereocenters. The van der Waals surface area contributed by atoms with Gasteiger partial charge in [0.25, 0.3) is 0 Å². The third kappa shape index (κ3) is 5.17. The lowest BCUT2D eigenvalue weighted by atomic mass is 9.91. The van der Waals surface area contributed by atoms with Gasteiger partial charge >= 0.3 is 0 Å². The smallest absolute Gasteiger partial charge is 0.0796 e. The number of rotatable bonds is 7. The average molecular weight is 253 g/mol. The van der Waals surface area contributed by atoms with Gasteiger partial charge in [0.05, 0.1) is 18.9 Å². The van der Waals surface area contributed by atoms with Crippen molar-refractivity contribution in [3.8, 4) is 0 Å². The Hall–Kier alpha value is -0.900. The predicted octanol–water partition coefficient (Wildman–Crippen LogP) is 3.07. The van der Waals surface area contributed by atoms with Gasteiger partial charge in [-0.05, 0) is 18.8 Å². The van der Waals surface area contributed by atoms with Crippen molar-refractivity contribution in [2.75, 3.05) is 13.2 Å². The van der Waals surface area contributed by atoms with E-state index in [-0.39, 0.29) is 10.8 Å². The maximum absolute atomic E-state index is 5.87. The minimum atomic E-state index is 0.0734. The first-order chi connectivity index (χ1) is 8.24. The third-order valence-electron chi connectivity index (χ3n) is 3.19. The summed E-state index contributed by atoms with van der Waals surface area (Å²) in [5.41, 5.74) is 1.29. The van der Waals surface area contributed by atoms with Crippen LogP contribution in [0.5, 0.6) is 0 Å². The van der Waals surface area contributed by atoms with Crippen molar-refractivity contribution in [2.24, 2.45) is 10.8 Å². The maximum atomic E-state index is 5.87. The Morgan fingerprint density at radius 1 is 1.17 bits per heavy atom. The molecule has 4 nitrogen and oxygen atoms in total. The van der Waals surface area contributed by atoms with Crippen molar-refractivity contribution in [3.63, 3.8) is 0 Å². The van der Waals surface area contributed by atoms with Crippen LogP contribution in [-0.4, -0.2) is 28.2 Å². The number of aryl methyl sites for hydroxylation is 1. The highest BCUT2D eigenvalue weighted by Gasteiger charge is 2.22. The van der Waals surface area contributed by atoms with Gasteiger partial charge in [-0.25, -0.2) is 0 Å². The molecule has 0 unspecified atom stereocenters. The SMILES string of the molecule is CCC(C)(C)COCC(C)(C)Cn1cc(C)nn1. The summed E-state index contributed by atoms with van der Waals surface area (Å²) < 4.78 is 7.76. The lowest BCUT2D eigenvalue weighted by Gasteiger charge is -2.28. The second kappa shape index (κ2) is 5.83. The van der Waals surface area contributed by atoms with E-state index < -0.39 is 0 Å². The topological polar surface area (TPSA) is 39.9 Å². The fourth-order valence-electron chi connectivity index (χ4n) is 1.66. The minimum Gasteiger partial charge on any atom is -0.380 e. The summed E-state index contributed by atoms with van der Waals surface area (Å²) in [5, 5.41) is 8.09. The molecule has 4 heteroatoms. The van der Waals surface area contributed by atoms with Crippen molar-refractivity contribution in [1.29, 1.82) is 0 Å². The number of hydrogen-bond donors (Lipinski definition) is 0. The minimum absolute atomic E-state index is 0.0734. The van der Waals surface area contributed by atoms with E-state index in [0.717, 1.165) is 31.9 Å². The molecule has 0 saturated carbocycles. The van der Waals surface area contributed by atoms with Gasteiger partial charge in [-0.15, -0.1) is 5.10 Å². The first-order valence-electron chi connectivity index (χ1n) is 6.69. The molecular weight excluding hydrogens is 226 g/mol. The summed E-state index contributed by atoms with van der Waals surface area (Å²) in [4.78, 5) is 0. The fourth-order valence-corrected chi connectivity index (χ4v) is 1.66. The molecule has 0 aliphatic rings. The molecular formula is C14H27N3O. The van der Waals surface area contributed by atoms with E-state index in [1.165, 1.54) is 0 Å². The predicted molar refractivity (Wildman–Crippen MR) is 73.4 cm³/mol. The van der Waals surface area contributed by atoms with Crippen LogP contribution in [0.15, 0.2) is 6.20 Å². The van der Waals surface area contributed by atoms with Gasteiger partial charge < -0.3 is 4.74 Å². The molecule has 1 heterocycles. The standard InChI is InChI=1S/C14H27N3O/c1-7-13(3,4)10-18-11-14(5,6)9-17-8-12(2)15-16-17/h8H,7,9-11H2,1-6H3. The van der Waals surface area contributed by atoms with Crippen LogP contribution < -0.4 is 0 Å². The molecule has 0 bridgehead atoms. The van der Waals surface area contributed by atoms with Gasteiger partial charge in [0.15, 0.2) is 0 Å². The Labute approximate surface area is 111 Å². The normalized spacial score (nSPS) is 13.0. The van der Waals surface area contributed by atoms with E-state index in [1.54, 1.807) is 0 Å². The van der Waals surface area contributed by atoms with Crippen LogP contribution in [0.1, 0.15) is 46.7 Å². The van der Waals surface area contributed by atoms with E-state index in [2.05, 4.69) is 44.9 Å². The summed E-state index contributed by atoms with van der Waals surface area (Å²) in [7, 11) is 0. The molecule has 0 aliphatic carbocycles. The molecule has 1 rings (SSSR count). The summed E-state index contributed by atoms with van der Waals surface area (Å²) in [6.07, 6.45) is 3.10. The van der Waals surface area contributed by atoms with Gasteiger partial charge in [0.2, 0.25) is 0 Å². The molecule has 0 aliphatic heterocycles. The van der Waals surface area contributed by atoms with Crippen molar-refractivity contribution in [3.05, 3.63) is 11.9 Å². The van der Waals surface area contributed by atoms with Crippen LogP contribution in [0.2, 0.25) is 0 Å². The van der Waals surface area contributed by atoms with Gasteiger partial charge in [0.1, 0.15) is 0 Å². The van der Waals surface area contributed by atoms with E-state index in [9.17, 15) is 0 Å². The zero-order valence-corrected chi connectivity index (χ0v) is 12.7. The van der Waals surface area contributed by atoms with Crippen LogP contribution >= 0.6 is 0 Å². The monoisotopic (exact) mass is 253 g/mol. The van der Waals surface area contributed by atoms with Crippen molar-refractivity contribution in [1.82, 2.24) is 15.0 Å². The third-order valence-corrected chi connectivity index (χ3v) is 3.19. The Balaban J connectivity index is 2.40. The van der Waals surface area contributed by atoms with Crippen molar-refractivity contribution >= 4 is 0 Å².